The summed E-state index contributed by atoms with van der Waals surface area (Å²) in [5.41, 5.74) is 7.99. The Hall–Kier alpha value is -2.15. The van der Waals surface area contributed by atoms with Crippen molar-refractivity contribution in [1.29, 1.82) is 0 Å². The Morgan fingerprint density at radius 1 is 1.36 bits per heavy atom. The van der Waals surface area contributed by atoms with Crippen molar-refractivity contribution in [3.05, 3.63) is 24.3 Å². The van der Waals surface area contributed by atoms with Crippen molar-refractivity contribution in [2.45, 2.75) is 37.2 Å². The number of rotatable bonds is 5. The lowest BCUT2D eigenvalue weighted by Crippen LogP contribution is -2.22. The lowest BCUT2D eigenvalue weighted by molar-refractivity contribution is -0.117. The Bertz CT molecular complexity index is 844. The van der Waals surface area contributed by atoms with Gasteiger partial charge in [-0.25, -0.2) is 4.98 Å². The second-order valence-corrected chi connectivity index (χ2v) is 6.41. The van der Waals surface area contributed by atoms with Gasteiger partial charge in [-0.15, -0.1) is 10.2 Å². The number of carbonyl (C=O) groups is 1. The summed E-state index contributed by atoms with van der Waals surface area (Å²) >= 11 is 1.23. The number of thioether (sulfide) groups is 1. The number of carbonyl (C=O) groups excluding carboxylic acids is 1. The van der Waals surface area contributed by atoms with Gasteiger partial charge in [0.2, 0.25) is 11.1 Å². The zero-order valence-corrected chi connectivity index (χ0v) is 13.3. The highest BCUT2D eigenvalue weighted by molar-refractivity contribution is 8.00. The Balaban J connectivity index is 2.16. The lowest BCUT2D eigenvalue weighted by Gasteiger charge is -2.06. The van der Waals surface area contributed by atoms with Crippen molar-refractivity contribution in [3.63, 3.8) is 0 Å². The van der Waals surface area contributed by atoms with Gasteiger partial charge in [0.25, 0.3) is 0 Å². The highest BCUT2D eigenvalue weighted by atomic mass is 32.2. The Labute approximate surface area is 132 Å². The minimum absolute atomic E-state index is 0.386. The molecule has 2 aromatic heterocycles. The van der Waals surface area contributed by atoms with E-state index in [1.54, 1.807) is 6.92 Å². The number of fused-ring (bicyclic) bond motifs is 3. The number of hydrogen-bond donors (Lipinski definition) is 1. The standard InChI is InChI=1S/C15H17N5OS/c1-3-8-20-11-7-5-4-6-10(11)12-14(20)17-15(19-18-12)22-9(2)13(16)21/h4-7,9H,3,8H2,1-2H3,(H2,16,21). The van der Waals surface area contributed by atoms with E-state index in [-0.39, 0.29) is 11.2 Å². The molecule has 1 unspecified atom stereocenters. The van der Waals surface area contributed by atoms with Gasteiger partial charge in [-0.2, -0.15) is 0 Å². The van der Waals surface area contributed by atoms with Gasteiger partial charge in [0, 0.05) is 11.9 Å². The van der Waals surface area contributed by atoms with Crippen molar-refractivity contribution >= 4 is 39.7 Å². The molecule has 114 valence electrons. The summed E-state index contributed by atoms with van der Waals surface area (Å²) in [6.07, 6.45) is 0.998. The Morgan fingerprint density at radius 3 is 2.86 bits per heavy atom. The average Bonchev–Trinajstić information content (AvgIpc) is 2.82. The third kappa shape index (κ3) is 2.52. The number of primary amides is 1. The van der Waals surface area contributed by atoms with Gasteiger partial charge in [-0.05, 0) is 19.4 Å². The molecule has 0 fully saturated rings. The van der Waals surface area contributed by atoms with Crippen LogP contribution in [0, 0.1) is 0 Å². The molecule has 1 aromatic carbocycles. The quantitative estimate of drug-likeness (QED) is 0.730. The zero-order valence-electron chi connectivity index (χ0n) is 12.5. The summed E-state index contributed by atoms with van der Waals surface area (Å²) in [6, 6.07) is 8.08. The fourth-order valence-electron chi connectivity index (χ4n) is 2.41. The lowest BCUT2D eigenvalue weighted by atomic mass is 10.2. The van der Waals surface area contributed by atoms with E-state index >= 15 is 0 Å². The molecular weight excluding hydrogens is 298 g/mol. The third-order valence-electron chi connectivity index (χ3n) is 3.48. The van der Waals surface area contributed by atoms with Crippen LogP contribution in [0.15, 0.2) is 29.4 Å². The molecule has 0 bridgehead atoms. The highest BCUT2D eigenvalue weighted by Gasteiger charge is 2.17. The number of para-hydroxylation sites is 1. The van der Waals surface area contributed by atoms with Gasteiger partial charge in [0.15, 0.2) is 5.65 Å². The highest BCUT2D eigenvalue weighted by Crippen LogP contribution is 2.28. The molecule has 0 saturated heterocycles. The second-order valence-electron chi connectivity index (χ2n) is 5.10. The molecule has 0 radical (unpaired) electrons. The number of hydrogen-bond acceptors (Lipinski definition) is 5. The Morgan fingerprint density at radius 2 is 2.14 bits per heavy atom. The van der Waals surface area contributed by atoms with Crippen LogP contribution in [-0.4, -0.2) is 30.9 Å². The van der Waals surface area contributed by atoms with Crippen molar-refractivity contribution in [1.82, 2.24) is 19.7 Å². The van der Waals surface area contributed by atoms with E-state index in [1.165, 1.54) is 11.8 Å². The first kappa shape index (κ1) is 14.8. The molecule has 0 spiro atoms. The second kappa shape index (κ2) is 5.92. The number of aromatic nitrogens is 4. The van der Waals surface area contributed by atoms with E-state index in [0.717, 1.165) is 35.0 Å². The molecule has 2 N–H and O–H groups in total. The van der Waals surface area contributed by atoms with Gasteiger partial charge in [-0.1, -0.05) is 36.9 Å². The van der Waals surface area contributed by atoms with Crippen molar-refractivity contribution in [2.24, 2.45) is 5.73 Å². The fourth-order valence-corrected chi connectivity index (χ4v) is 3.06. The first-order valence-corrected chi connectivity index (χ1v) is 8.07. The van der Waals surface area contributed by atoms with Crippen LogP contribution < -0.4 is 5.73 Å². The molecule has 22 heavy (non-hydrogen) atoms. The summed E-state index contributed by atoms with van der Waals surface area (Å²) in [7, 11) is 0. The van der Waals surface area contributed by atoms with Gasteiger partial charge >= 0.3 is 0 Å². The van der Waals surface area contributed by atoms with E-state index in [4.69, 9.17) is 5.73 Å². The molecule has 7 heteroatoms. The summed E-state index contributed by atoms with van der Waals surface area (Å²) < 4.78 is 2.15. The van der Waals surface area contributed by atoms with Crippen LogP contribution in [0.3, 0.4) is 0 Å². The first-order chi connectivity index (χ1) is 10.6. The van der Waals surface area contributed by atoms with E-state index in [9.17, 15) is 4.79 Å². The molecule has 2 heterocycles. The maximum atomic E-state index is 11.2. The SMILES string of the molecule is CCCn1c2ccccc2c2nnc(SC(C)C(N)=O)nc21. The molecule has 0 aliphatic carbocycles. The summed E-state index contributed by atoms with van der Waals surface area (Å²) in [5.74, 6) is -0.386. The molecule has 0 aliphatic heterocycles. The van der Waals surface area contributed by atoms with Gasteiger partial charge in [0.05, 0.1) is 10.8 Å². The minimum atomic E-state index is -0.386. The van der Waals surface area contributed by atoms with E-state index in [2.05, 4.69) is 32.7 Å². The average molecular weight is 315 g/mol. The first-order valence-electron chi connectivity index (χ1n) is 7.19. The smallest absolute Gasteiger partial charge is 0.230 e. The minimum Gasteiger partial charge on any atom is -0.369 e. The number of amides is 1. The summed E-state index contributed by atoms with van der Waals surface area (Å²) in [6.45, 7) is 4.72. The van der Waals surface area contributed by atoms with Crippen LogP contribution in [-0.2, 0) is 11.3 Å². The maximum Gasteiger partial charge on any atom is 0.230 e. The van der Waals surface area contributed by atoms with Crippen LogP contribution in [0.2, 0.25) is 0 Å². The molecule has 0 saturated carbocycles. The fraction of sp³-hybridized carbons (Fsp3) is 0.333. The van der Waals surface area contributed by atoms with Crippen molar-refractivity contribution < 1.29 is 4.79 Å². The molecule has 3 aromatic rings. The van der Waals surface area contributed by atoms with Gasteiger partial charge < -0.3 is 10.3 Å². The maximum absolute atomic E-state index is 11.2. The summed E-state index contributed by atoms with van der Waals surface area (Å²) in [4.78, 5) is 15.8. The van der Waals surface area contributed by atoms with Crippen LogP contribution in [0.5, 0.6) is 0 Å². The molecule has 6 nitrogen and oxygen atoms in total. The molecule has 3 rings (SSSR count). The van der Waals surface area contributed by atoms with Gasteiger partial charge in [-0.3, -0.25) is 4.79 Å². The van der Waals surface area contributed by atoms with Crippen LogP contribution >= 0.6 is 11.8 Å². The normalized spacial score (nSPS) is 12.8. The summed E-state index contributed by atoms with van der Waals surface area (Å²) in [5, 5.41) is 9.58. The largest absolute Gasteiger partial charge is 0.369 e. The monoisotopic (exact) mass is 315 g/mol. The van der Waals surface area contributed by atoms with E-state index in [1.807, 2.05) is 18.2 Å². The Kier molecular flexibility index (Phi) is 3.98. The van der Waals surface area contributed by atoms with E-state index in [0.29, 0.717) is 5.16 Å². The third-order valence-corrected chi connectivity index (χ3v) is 4.45. The van der Waals surface area contributed by atoms with Gasteiger partial charge in [0.1, 0.15) is 5.52 Å². The molecule has 1 amide bonds. The number of aryl methyl sites for hydroxylation is 1. The molecule has 1 atom stereocenters. The zero-order chi connectivity index (χ0) is 15.7. The van der Waals surface area contributed by atoms with E-state index < -0.39 is 0 Å². The van der Waals surface area contributed by atoms with Crippen LogP contribution in [0.4, 0.5) is 0 Å². The van der Waals surface area contributed by atoms with Crippen molar-refractivity contribution in [2.75, 3.05) is 0 Å². The number of benzene rings is 1. The van der Waals surface area contributed by atoms with Crippen LogP contribution in [0.1, 0.15) is 20.3 Å². The topological polar surface area (TPSA) is 86.7 Å². The molecule has 0 aliphatic rings. The van der Waals surface area contributed by atoms with Crippen molar-refractivity contribution in [3.8, 4) is 0 Å². The predicted molar refractivity (Wildman–Crippen MR) is 87.6 cm³/mol. The molecular formula is C15H17N5OS. The number of nitrogens with two attached hydrogens (primary N) is 1. The van der Waals surface area contributed by atoms with Crippen LogP contribution in [0.25, 0.3) is 22.1 Å². The number of nitrogens with zero attached hydrogens (tertiary/aromatic N) is 4. The predicted octanol–water partition coefficient (Wildman–Crippen LogP) is 2.36.